The molecule has 3 nitrogen and oxygen atoms in total. The molecule has 3 heteroatoms. The second-order valence-corrected chi connectivity index (χ2v) is 5.27. The Labute approximate surface area is 106 Å². The van der Waals surface area contributed by atoms with E-state index in [1.165, 1.54) is 12.8 Å². The van der Waals surface area contributed by atoms with Crippen molar-refractivity contribution in [2.75, 3.05) is 20.1 Å². The molecule has 0 aromatic heterocycles. The number of nitriles is 1. The van der Waals surface area contributed by atoms with Gasteiger partial charge < -0.3 is 4.90 Å². The summed E-state index contributed by atoms with van der Waals surface area (Å²) < 4.78 is 0. The van der Waals surface area contributed by atoms with Gasteiger partial charge in [0, 0.05) is 12.6 Å². The Balaban J connectivity index is 2.68. The predicted octanol–water partition coefficient (Wildman–Crippen LogP) is 2.39. The molecule has 0 bridgehead atoms. The maximum atomic E-state index is 9.55. The summed E-state index contributed by atoms with van der Waals surface area (Å²) in [5.41, 5.74) is -0.313. The normalized spacial score (nSPS) is 19.4. The van der Waals surface area contributed by atoms with Crippen LogP contribution in [0.5, 0.6) is 0 Å². The van der Waals surface area contributed by atoms with Gasteiger partial charge in [0.15, 0.2) is 0 Å². The quantitative estimate of drug-likeness (QED) is 0.704. The van der Waals surface area contributed by atoms with Gasteiger partial charge in [-0.05, 0) is 45.2 Å². The average Bonchev–Trinajstić information content (AvgIpc) is 3.14. The van der Waals surface area contributed by atoms with Gasteiger partial charge in [0.2, 0.25) is 0 Å². The Kier molecular flexibility index (Phi) is 5.42. The molecule has 0 aliphatic heterocycles. The van der Waals surface area contributed by atoms with Crippen LogP contribution in [-0.4, -0.2) is 36.6 Å². The van der Waals surface area contributed by atoms with Crippen LogP contribution < -0.4 is 5.32 Å². The van der Waals surface area contributed by atoms with Gasteiger partial charge in [0.1, 0.15) is 5.54 Å². The molecule has 0 saturated heterocycles. The number of likely N-dealkylation sites (N-methyl/N-ethyl adjacent to an activating group) is 2. The van der Waals surface area contributed by atoms with Crippen molar-refractivity contribution < 1.29 is 0 Å². The summed E-state index contributed by atoms with van der Waals surface area (Å²) in [6.07, 6.45) is 4.73. The molecule has 1 aliphatic carbocycles. The second-order valence-electron chi connectivity index (χ2n) is 5.27. The molecule has 1 N–H and O–H groups in total. The second kappa shape index (κ2) is 6.37. The SMILES string of the molecule is CCNC(C#N)(CN(C)C(CC)CC)C1CC1. The molecule has 0 aromatic rings. The van der Waals surface area contributed by atoms with Crippen molar-refractivity contribution in [3.8, 4) is 6.07 Å². The fraction of sp³-hybridized carbons (Fsp3) is 0.929. The molecule has 0 aromatic carbocycles. The lowest BCUT2D eigenvalue weighted by Crippen LogP contribution is -2.55. The average molecular weight is 237 g/mol. The number of hydrogen-bond acceptors (Lipinski definition) is 3. The van der Waals surface area contributed by atoms with E-state index < -0.39 is 0 Å². The third-order valence-electron chi connectivity index (χ3n) is 4.03. The largest absolute Gasteiger partial charge is 0.301 e. The van der Waals surface area contributed by atoms with Gasteiger partial charge in [-0.25, -0.2) is 0 Å². The molecule has 0 heterocycles. The van der Waals surface area contributed by atoms with E-state index in [4.69, 9.17) is 0 Å². The Morgan fingerprint density at radius 3 is 2.29 bits per heavy atom. The molecule has 0 radical (unpaired) electrons. The molecule has 98 valence electrons. The van der Waals surface area contributed by atoms with E-state index in [1.807, 2.05) is 0 Å². The number of rotatable bonds is 8. The third-order valence-corrected chi connectivity index (χ3v) is 4.03. The van der Waals surface area contributed by atoms with Gasteiger partial charge in [-0.2, -0.15) is 5.26 Å². The summed E-state index contributed by atoms with van der Waals surface area (Å²) in [7, 11) is 2.16. The first-order valence-corrected chi connectivity index (χ1v) is 7.00. The first-order chi connectivity index (χ1) is 8.13. The Morgan fingerprint density at radius 1 is 1.35 bits per heavy atom. The lowest BCUT2D eigenvalue weighted by atomic mass is 9.93. The predicted molar refractivity (Wildman–Crippen MR) is 71.7 cm³/mol. The molecule has 1 fully saturated rings. The molecule has 1 unspecified atom stereocenters. The molecular formula is C14H27N3. The van der Waals surface area contributed by atoms with Gasteiger partial charge in [-0.1, -0.05) is 20.8 Å². The standard InChI is InChI=1S/C14H27N3/c1-5-13(6-2)17(4)11-14(10-15,16-7-3)12-8-9-12/h12-13,16H,5-9,11H2,1-4H3. The van der Waals surface area contributed by atoms with E-state index in [0.29, 0.717) is 12.0 Å². The van der Waals surface area contributed by atoms with Gasteiger partial charge in [-0.3, -0.25) is 5.32 Å². The van der Waals surface area contributed by atoms with Crippen LogP contribution in [0.3, 0.4) is 0 Å². The van der Waals surface area contributed by atoms with Crippen LogP contribution in [0.2, 0.25) is 0 Å². The summed E-state index contributed by atoms with van der Waals surface area (Å²) >= 11 is 0. The third kappa shape index (κ3) is 3.43. The van der Waals surface area contributed by atoms with E-state index in [9.17, 15) is 5.26 Å². The number of hydrogen-bond donors (Lipinski definition) is 1. The molecule has 0 spiro atoms. The van der Waals surface area contributed by atoms with E-state index in [2.05, 4.69) is 44.1 Å². The zero-order chi connectivity index (χ0) is 12.9. The minimum atomic E-state index is -0.313. The highest BCUT2D eigenvalue weighted by molar-refractivity contribution is 5.16. The Hall–Kier alpha value is -0.590. The van der Waals surface area contributed by atoms with E-state index in [-0.39, 0.29) is 5.54 Å². The van der Waals surface area contributed by atoms with Crippen molar-refractivity contribution in [1.29, 1.82) is 5.26 Å². The summed E-state index contributed by atoms with van der Waals surface area (Å²) in [6, 6.07) is 3.16. The Bertz CT molecular complexity index is 263. The van der Waals surface area contributed by atoms with Crippen LogP contribution in [-0.2, 0) is 0 Å². The van der Waals surface area contributed by atoms with Crippen LogP contribution in [0.1, 0.15) is 46.5 Å². The lowest BCUT2D eigenvalue weighted by molar-refractivity contribution is 0.170. The van der Waals surface area contributed by atoms with E-state index >= 15 is 0 Å². The smallest absolute Gasteiger partial charge is 0.122 e. The zero-order valence-electron chi connectivity index (χ0n) is 11.8. The van der Waals surface area contributed by atoms with E-state index in [0.717, 1.165) is 25.9 Å². The van der Waals surface area contributed by atoms with Crippen LogP contribution >= 0.6 is 0 Å². The summed E-state index contributed by atoms with van der Waals surface area (Å²) in [4.78, 5) is 2.37. The molecule has 1 atom stereocenters. The van der Waals surface area contributed by atoms with Gasteiger partial charge >= 0.3 is 0 Å². The highest BCUT2D eigenvalue weighted by Gasteiger charge is 2.46. The van der Waals surface area contributed by atoms with Gasteiger partial charge in [0.25, 0.3) is 0 Å². The minimum Gasteiger partial charge on any atom is -0.301 e. The zero-order valence-corrected chi connectivity index (χ0v) is 11.8. The maximum absolute atomic E-state index is 9.55. The summed E-state index contributed by atoms with van der Waals surface area (Å²) in [5, 5.41) is 13.0. The highest BCUT2D eigenvalue weighted by Crippen LogP contribution is 2.40. The van der Waals surface area contributed by atoms with Crippen molar-refractivity contribution in [2.24, 2.45) is 5.92 Å². The van der Waals surface area contributed by atoms with Crippen LogP contribution in [0.4, 0.5) is 0 Å². The lowest BCUT2D eigenvalue weighted by Gasteiger charge is -2.35. The highest BCUT2D eigenvalue weighted by atomic mass is 15.2. The maximum Gasteiger partial charge on any atom is 0.122 e. The molecule has 1 rings (SSSR count). The van der Waals surface area contributed by atoms with Crippen molar-refractivity contribution in [3.05, 3.63) is 0 Å². The molecule has 0 amide bonds. The molecular weight excluding hydrogens is 210 g/mol. The first kappa shape index (κ1) is 14.5. The first-order valence-electron chi connectivity index (χ1n) is 7.00. The monoisotopic (exact) mass is 237 g/mol. The fourth-order valence-corrected chi connectivity index (χ4v) is 2.82. The Morgan fingerprint density at radius 2 is 1.94 bits per heavy atom. The molecule has 1 aliphatic rings. The minimum absolute atomic E-state index is 0.313. The van der Waals surface area contributed by atoms with Crippen molar-refractivity contribution in [1.82, 2.24) is 10.2 Å². The molecule has 1 saturated carbocycles. The number of nitrogens with zero attached hydrogens (tertiary/aromatic N) is 2. The van der Waals surface area contributed by atoms with Crippen molar-refractivity contribution >= 4 is 0 Å². The van der Waals surface area contributed by atoms with Crippen LogP contribution in [0.25, 0.3) is 0 Å². The molecule has 17 heavy (non-hydrogen) atoms. The fourth-order valence-electron chi connectivity index (χ4n) is 2.82. The van der Waals surface area contributed by atoms with Crippen LogP contribution in [0.15, 0.2) is 0 Å². The van der Waals surface area contributed by atoms with Gasteiger partial charge in [-0.15, -0.1) is 0 Å². The van der Waals surface area contributed by atoms with Crippen LogP contribution in [0, 0.1) is 17.2 Å². The van der Waals surface area contributed by atoms with Gasteiger partial charge in [0.05, 0.1) is 6.07 Å². The van der Waals surface area contributed by atoms with E-state index in [1.54, 1.807) is 0 Å². The number of nitrogens with one attached hydrogen (secondary N) is 1. The summed E-state index contributed by atoms with van der Waals surface area (Å²) in [5.74, 6) is 0.560. The topological polar surface area (TPSA) is 39.1 Å². The van der Waals surface area contributed by atoms with Crippen molar-refractivity contribution in [2.45, 2.75) is 58.0 Å². The summed E-state index contributed by atoms with van der Waals surface area (Å²) in [6.45, 7) is 8.27. The van der Waals surface area contributed by atoms with Crippen molar-refractivity contribution in [3.63, 3.8) is 0 Å².